The lowest BCUT2D eigenvalue weighted by Crippen LogP contribution is -2.01. The first-order valence-electron chi connectivity index (χ1n) is 5.63. The third-order valence-corrected chi connectivity index (χ3v) is 3.34. The van der Waals surface area contributed by atoms with Crippen LogP contribution < -0.4 is 5.32 Å². The van der Waals surface area contributed by atoms with Crippen LogP contribution in [-0.2, 0) is 6.54 Å². The van der Waals surface area contributed by atoms with Gasteiger partial charge >= 0.3 is 5.69 Å². The normalized spacial score (nSPS) is 10.3. The molecule has 0 spiro atoms. The zero-order valence-corrected chi connectivity index (χ0v) is 11.7. The van der Waals surface area contributed by atoms with Gasteiger partial charge < -0.3 is 10.4 Å². The fourth-order valence-corrected chi connectivity index (χ4v) is 2.07. The Balaban J connectivity index is 2.13. The van der Waals surface area contributed by atoms with Crippen LogP contribution in [0.1, 0.15) is 5.56 Å². The first-order chi connectivity index (χ1) is 9.49. The lowest BCUT2D eigenvalue weighted by atomic mass is 10.2. The molecule has 2 aromatic carbocycles. The predicted molar refractivity (Wildman–Crippen MR) is 76.2 cm³/mol. The quantitative estimate of drug-likeness (QED) is 0.655. The molecule has 0 radical (unpaired) electrons. The zero-order chi connectivity index (χ0) is 14.7. The average molecular weight is 341 g/mol. The van der Waals surface area contributed by atoms with Crippen molar-refractivity contribution in [3.63, 3.8) is 0 Å². The van der Waals surface area contributed by atoms with Crippen LogP contribution in [0.4, 0.5) is 15.8 Å². The summed E-state index contributed by atoms with van der Waals surface area (Å²) in [6.45, 7) is 0.266. The van der Waals surface area contributed by atoms with Gasteiger partial charge in [0, 0.05) is 29.9 Å². The number of rotatable bonds is 4. The fourth-order valence-electron chi connectivity index (χ4n) is 1.66. The summed E-state index contributed by atoms with van der Waals surface area (Å²) >= 11 is 3.20. The van der Waals surface area contributed by atoms with Crippen molar-refractivity contribution in [3.05, 3.63) is 62.4 Å². The highest BCUT2D eigenvalue weighted by Crippen LogP contribution is 2.28. The fraction of sp³-hybridized carbons (Fsp3) is 0.0769. The van der Waals surface area contributed by atoms with Crippen LogP contribution in [0.25, 0.3) is 0 Å². The molecule has 0 saturated carbocycles. The maximum absolute atomic E-state index is 13.4. The van der Waals surface area contributed by atoms with E-state index in [0.29, 0.717) is 15.7 Å². The second kappa shape index (κ2) is 5.87. The Hall–Kier alpha value is -2.15. The number of nitrogens with one attached hydrogen (secondary N) is 1. The Morgan fingerprint density at radius 1 is 1.35 bits per heavy atom. The third kappa shape index (κ3) is 3.05. The second-order valence-corrected chi connectivity index (χ2v) is 4.88. The van der Waals surface area contributed by atoms with E-state index in [4.69, 9.17) is 0 Å². The highest BCUT2D eigenvalue weighted by molar-refractivity contribution is 9.10. The van der Waals surface area contributed by atoms with E-state index in [-0.39, 0.29) is 12.3 Å². The molecule has 104 valence electrons. The number of aromatic hydroxyl groups is 1. The van der Waals surface area contributed by atoms with Crippen molar-refractivity contribution < 1.29 is 14.4 Å². The van der Waals surface area contributed by atoms with Gasteiger partial charge in [-0.05, 0) is 28.1 Å². The SMILES string of the molecule is O=[N+]([O-])c1ccc(NCc2cccc(Br)c2O)cc1F. The first kappa shape index (κ1) is 14.3. The highest BCUT2D eigenvalue weighted by atomic mass is 79.9. The molecular weight excluding hydrogens is 331 g/mol. The molecule has 7 heteroatoms. The zero-order valence-electron chi connectivity index (χ0n) is 10.1. The van der Waals surface area contributed by atoms with Crippen molar-refractivity contribution in [1.29, 1.82) is 0 Å². The number of hydrogen-bond acceptors (Lipinski definition) is 4. The van der Waals surface area contributed by atoms with Gasteiger partial charge in [0.25, 0.3) is 0 Å². The van der Waals surface area contributed by atoms with Crippen LogP contribution in [0.15, 0.2) is 40.9 Å². The van der Waals surface area contributed by atoms with E-state index < -0.39 is 16.4 Å². The molecule has 0 amide bonds. The van der Waals surface area contributed by atoms with Crippen molar-refractivity contribution in [1.82, 2.24) is 0 Å². The molecule has 0 atom stereocenters. The van der Waals surface area contributed by atoms with Crippen LogP contribution in [-0.4, -0.2) is 10.0 Å². The standard InChI is InChI=1S/C13H10BrFN2O3/c14-10-3-1-2-8(13(10)18)7-16-9-4-5-12(17(19)20)11(15)6-9/h1-6,16,18H,7H2. The number of phenolic OH excluding ortho intramolecular Hbond substituents is 1. The van der Waals surface area contributed by atoms with E-state index >= 15 is 0 Å². The van der Waals surface area contributed by atoms with E-state index in [9.17, 15) is 19.6 Å². The van der Waals surface area contributed by atoms with Crippen LogP contribution in [0.5, 0.6) is 5.75 Å². The smallest absolute Gasteiger partial charge is 0.304 e. The van der Waals surface area contributed by atoms with Gasteiger partial charge in [0.05, 0.1) is 9.40 Å². The molecule has 0 aliphatic heterocycles. The Labute approximate surface area is 122 Å². The number of para-hydroxylation sites is 1. The van der Waals surface area contributed by atoms with E-state index in [1.807, 2.05) is 0 Å². The number of anilines is 1. The van der Waals surface area contributed by atoms with Gasteiger partial charge in [0.1, 0.15) is 5.75 Å². The van der Waals surface area contributed by atoms with Gasteiger partial charge in [0.2, 0.25) is 5.82 Å². The molecular formula is C13H10BrFN2O3. The third-order valence-electron chi connectivity index (χ3n) is 2.70. The lowest BCUT2D eigenvalue weighted by Gasteiger charge is -2.09. The minimum absolute atomic E-state index is 0.0994. The molecule has 2 N–H and O–H groups in total. The van der Waals surface area contributed by atoms with Crippen molar-refractivity contribution in [3.8, 4) is 5.75 Å². The molecule has 5 nitrogen and oxygen atoms in total. The molecule has 0 aromatic heterocycles. The van der Waals surface area contributed by atoms with Crippen molar-refractivity contribution in [2.45, 2.75) is 6.54 Å². The minimum Gasteiger partial charge on any atom is -0.506 e. The predicted octanol–water partition coefficient (Wildman–Crippen LogP) is 3.81. The van der Waals surface area contributed by atoms with Crippen molar-refractivity contribution >= 4 is 27.3 Å². The molecule has 0 aliphatic rings. The molecule has 0 bridgehead atoms. The van der Waals surface area contributed by atoms with E-state index in [1.54, 1.807) is 18.2 Å². The molecule has 2 aromatic rings. The Morgan fingerprint density at radius 3 is 2.75 bits per heavy atom. The Bertz CT molecular complexity index is 664. The van der Waals surface area contributed by atoms with Gasteiger partial charge in [-0.15, -0.1) is 0 Å². The summed E-state index contributed by atoms with van der Waals surface area (Å²) in [5.41, 5.74) is 0.450. The number of halogens is 2. The summed E-state index contributed by atoms with van der Waals surface area (Å²) < 4.78 is 14.0. The molecule has 20 heavy (non-hydrogen) atoms. The monoisotopic (exact) mass is 340 g/mol. The van der Waals surface area contributed by atoms with Crippen LogP contribution in [0.2, 0.25) is 0 Å². The maximum Gasteiger partial charge on any atom is 0.304 e. The van der Waals surface area contributed by atoms with Crippen LogP contribution in [0, 0.1) is 15.9 Å². The summed E-state index contributed by atoms with van der Waals surface area (Å²) in [6.07, 6.45) is 0. The van der Waals surface area contributed by atoms with Crippen molar-refractivity contribution in [2.24, 2.45) is 0 Å². The first-order valence-corrected chi connectivity index (χ1v) is 6.42. The van der Waals surface area contributed by atoms with Gasteiger partial charge in [-0.2, -0.15) is 4.39 Å². The van der Waals surface area contributed by atoms with E-state index in [0.717, 1.165) is 12.1 Å². The highest BCUT2D eigenvalue weighted by Gasteiger charge is 2.13. The molecule has 2 rings (SSSR count). The summed E-state index contributed by atoms with van der Waals surface area (Å²) in [7, 11) is 0. The van der Waals surface area contributed by atoms with Gasteiger partial charge in [-0.1, -0.05) is 12.1 Å². The Kier molecular flexibility index (Phi) is 4.19. The summed E-state index contributed by atoms with van der Waals surface area (Å²) in [4.78, 5) is 9.72. The molecule has 0 fully saturated rings. The van der Waals surface area contributed by atoms with Gasteiger partial charge in [-0.3, -0.25) is 10.1 Å². The summed E-state index contributed by atoms with van der Waals surface area (Å²) in [6, 6.07) is 8.73. The van der Waals surface area contributed by atoms with Crippen LogP contribution in [0.3, 0.4) is 0 Å². The number of nitrogens with zero attached hydrogens (tertiary/aromatic N) is 1. The molecule has 0 saturated heterocycles. The summed E-state index contributed by atoms with van der Waals surface area (Å²) in [5, 5.41) is 23.2. The number of nitro benzene ring substituents is 1. The lowest BCUT2D eigenvalue weighted by molar-refractivity contribution is -0.387. The van der Waals surface area contributed by atoms with Crippen molar-refractivity contribution in [2.75, 3.05) is 5.32 Å². The molecule has 0 heterocycles. The summed E-state index contributed by atoms with van der Waals surface area (Å²) in [5.74, 6) is -0.805. The van der Waals surface area contributed by atoms with E-state index in [1.165, 1.54) is 6.07 Å². The maximum atomic E-state index is 13.4. The minimum atomic E-state index is -0.904. The largest absolute Gasteiger partial charge is 0.506 e. The molecule has 0 aliphatic carbocycles. The number of hydrogen-bond donors (Lipinski definition) is 2. The van der Waals surface area contributed by atoms with Crippen LogP contribution >= 0.6 is 15.9 Å². The number of nitro groups is 1. The topological polar surface area (TPSA) is 75.4 Å². The number of phenols is 1. The Morgan fingerprint density at radius 2 is 2.10 bits per heavy atom. The molecule has 0 unspecified atom stereocenters. The second-order valence-electron chi connectivity index (χ2n) is 4.02. The van der Waals surface area contributed by atoms with Gasteiger partial charge in [-0.25, -0.2) is 0 Å². The average Bonchev–Trinajstić information content (AvgIpc) is 2.40. The van der Waals surface area contributed by atoms with Gasteiger partial charge in [0.15, 0.2) is 0 Å². The van der Waals surface area contributed by atoms with E-state index in [2.05, 4.69) is 21.2 Å². The number of benzene rings is 2.